The summed E-state index contributed by atoms with van der Waals surface area (Å²) in [7, 11) is 1.83. The fourth-order valence-electron chi connectivity index (χ4n) is 2.87. The highest BCUT2D eigenvalue weighted by Gasteiger charge is 2.24. The van der Waals surface area contributed by atoms with Crippen LogP contribution in [0.1, 0.15) is 27.4 Å². The second-order valence-electron chi connectivity index (χ2n) is 6.43. The van der Waals surface area contributed by atoms with Crippen molar-refractivity contribution in [2.24, 2.45) is 7.05 Å². The maximum Gasteiger partial charge on any atom is 0.280 e. The van der Waals surface area contributed by atoms with Crippen LogP contribution in [0.2, 0.25) is 0 Å². The Morgan fingerprint density at radius 1 is 1.19 bits per heavy atom. The zero-order valence-corrected chi connectivity index (χ0v) is 16.2. The number of fused-ring (bicyclic) bond motifs is 1. The highest BCUT2D eigenvalue weighted by molar-refractivity contribution is 7.22. The smallest absolute Gasteiger partial charge is 0.276 e. The second-order valence-corrected chi connectivity index (χ2v) is 7.43. The molecule has 1 aromatic carbocycles. The van der Waals surface area contributed by atoms with Gasteiger partial charge in [-0.1, -0.05) is 29.5 Å². The molecule has 0 fully saturated rings. The lowest BCUT2D eigenvalue weighted by Gasteiger charge is -2.18. The van der Waals surface area contributed by atoms with Crippen molar-refractivity contribution in [3.8, 4) is 0 Å². The standard InChI is InChI=1S/C20H19N5OS/c1-13-7-6-9-17-18(13)22-20(27-17)25(12-15-8-4-5-10-21-15)19(26)16-11-14(2)24(3)23-16/h4-11H,12H2,1-3H3. The summed E-state index contributed by atoms with van der Waals surface area (Å²) in [4.78, 5) is 24.0. The molecule has 4 rings (SSSR count). The summed E-state index contributed by atoms with van der Waals surface area (Å²) in [5.74, 6) is -0.180. The molecule has 3 aromatic heterocycles. The lowest BCUT2D eigenvalue weighted by atomic mass is 10.2. The summed E-state index contributed by atoms with van der Waals surface area (Å²) in [5.41, 5.74) is 4.15. The van der Waals surface area contributed by atoms with Crippen LogP contribution < -0.4 is 4.90 Å². The molecule has 1 amide bonds. The maximum atomic E-state index is 13.3. The first-order valence-corrected chi connectivity index (χ1v) is 9.43. The van der Waals surface area contributed by atoms with E-state index in [-0.39, 0.29) is 5.91 Å². The first kappa shape index (κ1) is 17.4. The van der Waals surface area contributed by atoms with Crippen LogP contribution in [0.5, 0.6) is 0 Å². The predicted molar refractivity (Wildman–Crippen MR) is 107 cm³/mol. The first-order valence-electron chi connectivity index (χ1n) is 8.61. The van der Waals surface area contributed by atoms with Crippen molar-refractivity contribution in [2.45, 2.75) is 20.4 Å². The van der Waals surface area contributed by atoms with Crippen LogP contribution in [0, 0.1) is 13.8 Å². The summed E-state index contributed by atoms with van der Waals surface area (Å²) < 4.78 is 2.76. The Morgan fingerprint density at radius 3 is 2.70 bits per heavy atom. The lowest BCUT2D eigenvalue weighted by molar-refractivity contribution is 0.0979. The van der Waals surface area contributed by atoms with Crippen molar-refractivity contribution >= 4 is 32.6 Å². The fraction of sp³-hybridized carbons (Fsp3) is 0.200. The molecule has 0 aliphatic heterocycles. The molecule has 0 spiro atoms. The van der Waals surface area contributed by atoms with E-state index in [1.165, 1.54) is 11.3 Å². The highest BCUT2D eigenvalue weighted by atomic mass is 32.1. The van der Waals surface area contributed by atoms with Crippen LogP contribution in [-0.2, 0) is 13.6 Å². The number of benzene rings is 1. The molecule has 0 bridgehead atoms. The van der Waals surface area contributed by atoms with Crippen molar-refractivity contribution in [1.29, 1.82) is 0 Å². The number of aromatic nitrogens is 4. The van der Waals surface area contributed by atoms with E-state index in [2.05, 4.69) is 10.1 Å². The van der Waals surface area contributed by atoms with E-state index in [0.29, 0.717) is 17.4 Å². The zero-order valence-electron chi connectivity index (χ0n) is 15.4. The van der Waals surface area contributed by atoms with Crippen LogP contribution in [0.25, 0.3) is 10.2 Å². The minimum absolute atomic E-state index is 0.180. The molecule has 0 aliphatic rings. The highest BCUT2D eigenvalue weighted by Crippen LogP contribution is 2.32. The minimum Gasteiger partial charge on any atom is -0.276 e. The number of nitrogens with zero attached hydrogens (tertiary/aromatic N) is 5. The number of thiazole rings is 1. The second kappa shape index (κ2) is 6.92. The molecule has 0 N–H and O–H groups in total. The van der Waals surface area contributed by atoms with Gasteiger partial charge in [-0.15, -0.1) is 0 Å². The largest absolute Gasteiger partial charge is 0.280 e. The summed E-state index contributed by atoms with van der Waals surface area (Å²) in [6, 6.07) is 13.5. The third-order valence-electron chi connectivity index (χ3n) is 4.46. The SMILES string of the molecule is Cc1cccc2sc(N(Cc3ccccn3)C(=O)c3cc(C)n(C)n3)nc12. The maximum absolute atomic E-state index is 13.3. The van der Waals surface area contributed by atoms with Crippen LogP contribution >= 0.6 is 11.3 Å². The molecular weight excluding hydrogens is 358 g/mol. The summed E-state index contributed by atoms with van der Waals surface area (Å²) in [5, 5.41) is 5.00. The number of hydrogen-bond acceptors (Lipinski definition) is 5. The average Bonchev–Trinajstić information content (AvgIpc) is 3.25. The molecule has 0 radical (unpaired) electrons. The van der Waals surface area contributed by atoms with Crippen molar-refractivity contribution in [3.05, 3.63) is 71.3 Å². The number of carbonyl (C=O) groups is 1. The van der Waals surface area contributed by atoms with Gasteiger partial charge in [-0.2, -0.15) is 5.10 Å². The summed E-state index contributed by atoms with van der Waals surface area (Å²) >= 11 is 1.50. The first-order chi connectivity index (χ1) is 13.0. The topological polar surface area (TPSA) is 63.9 Å². The Morgan fingerprint density at radius 2 is 2.04 bits per heavy atom. The van der Waals surface area contributed by atoms with E-state index in [1.807, 2.05) is 57.3 Å². The van der Waals surface area contributed by atoms with E-state index in [0.717, 1.165) is 27.2 Å². The Hall–Kier alpha value is -3.06. The Balaban J connectivity index is 1.79. The van der Waals surface area contributed by atoms with Crippen LogP contribution in [-0.4, -0.2) is 25.7 Å². The van der Waals surface area contributed by atoms with E-state index >= 15 is 0 Å². The van der Waals surface area contributed by atoms with Crippen molar-refractivity contribution < 1.29 is 4.79 Å². The van der Waals surface area contributed by atoms with Crippen LogP contribution in [0.15, 0.2) is 48.7 Å². The van der Waals surface area contributed by atoms with Gasteiger partial charge in [0.1, 0.15) is 0 Å². The number of anilines is 1. The molecular formula is C20H19N5OS. The van der Waals surface area contributed by atoms with Crippen molar-refractivity contribution in [3.63, 3.8) is 0 Å². The Bertz CT molecular complexity index is 1100. The lowest BCUT2D eigenvalue weighted by Crippen LogP contribution is -2.31. The molecule has 0 saturated carbocycles. The predicted octanol–water partition coefficient (Wildman–Crippen LogP) is 3.89. The van der Waals surface area contributed by atoms with Gasteiger partial charge in [0.2, 0.25) is 0 Å². The molecule has 0 unspecified atom stereocenters. The quantitative estimate of drug-likeness (QED) is 0.541. The fourth-order valence-corrected chi connectivity index (χ4v) is 3.91. The normalized spacial score (nSPS) is 11.1. The van der Waals surface area contributed by atoms with Gasteiger partial charge in [-0.25, -0.2) is 4.98 Å². The third kappa shape index (κ3) is 3.33. The van der Waals surface area contributed by atoms with Gasteiger partial charge in [0, 0.05) is 18.9 Å². The van der Waals surface area contributed by atoms with Gasteiger partial charge in [0.05, 0.1) is 22.5 Å². The van der Waals surface area contributed by atoms with Gasteiger partial charge >= 0.3 is 0 Å². The van der Waals surface area contributed by atoms with Gasteiger partial charge < -0.3 is 0 Å². The van der Waals surface area contributed by atoms with Crippen LogP contribution in [0.4, 0.5) is 5.13 Å². The van der Waals surface area contributed by atoms with Crippen LogP contribution in [0.3, 0.4) is 0 Å². The van der Waals surface area contributed by atoms with E-state index in [9.17, 15) is 4.79 Å². The molecule has 7 heteroatoms. The number of amides is 1. The molecule has 6 nitrogen and oxygen atoms in total. The van der Waals surface area contributed by atoms with Crippen molar-refractivity contribution in [2.75, 3.05) is 4.90 Å². The molecule has 0 aliphatic carbocycles. The number of pyridine rings is 1. The average molecular weight is 377 g/mol. The van der Waals surface area contributed by atoms with Gasteiger partial charge in [0.15, 0.2) is 10.8 Å². The summed E-state index contributed by atoms with van der Waals surface area (Å²) in [6.45, 7) is 4.29. The van der Waals surface area contributed by atoms with Crippen molar-refractivity contribution in [1.82, 2.24) is 19.7 Å². The van der Waals surface area contributed by atoms with Gasteiger partial charge in [-0.05, 0) is 43.7 Å². The van der Waals surface area contributed by atoms with Gasteiger partial charge in [0.25, 0.3) is 5.91 Å². The molecule has 0 saturated heterocycles. The number of para-hydroxylation sites is 1. The molecule has 27 heavy (non-hydrogen) atoms. The summed E-state index contributed by atoms with van der Waals surface area (Å²) in [6.07, 6.45) is 1.73. The molecule has 0 atom stereocenters. The van der Waals surface area contributed by atoms with E-state index < -0.39 is 0 Å². The Labute approximate surface area is 161 Å². The third-order valence-corrected chi connectivity index (χ3v) is 5.51. The van der Waals surface area contributed by atoms with Gasteiger partial charge in [-0.3, -0.25) is 19.4 Å². The number of aryl methyl sites for hydroxylation is 3. The molecule has 4 aromatic rings. The van der Waals surface area contributed by atoms with E-state index in [1.54, 1.807) is 21.8 Å². The number of rotatable bonds is 4. The molecule has 3 heterocycles. The molecule has 136 valence electrons. The van der Waals surface area contributed by atoms with E-state index in [4.69, 9.17) is 4.98 Å². The Kier molecular flexibility index (Phi) is 4.45. The monoisotopic (exact) mass is 377 g/mol. The number of hydrogen-bond donors (Lipinski definition) is 0. The minimum atomic E-state index is -0.180. The number of carbonyl (C=O) groups excluding carboxylic acids is 1. The zero-order chi connectivity index (χ0) is 19.0.